The molecule has 0 aromatic heterocycles. The summed E-state index contributed by atoms with van der Waals surface area (Å²) in [4.78, 5) is 14.3. The lowest BCUT2D eigenvalue weighted by Crippen LogP contribution is -2.27. The molecule has 3 nitrogen and oxygen atoms in total. The van der Waals surface area contributed by atoms with E-state index in [4.69, 9.17) is 0 Å². The van der Waals surface area contributed by atoms with Crippen LogP contribution >= 0.6 is 0 Å². The summed E-state index contributed by atoms with van der Waals surface area (Å²) in [5.41, 5.74) is 2.90. The number of rotatable bonds is 5. The highest BCUT2D eigenvalue weighted by molar-refractivity contribution is 5.94. The van der Waals surface area contributed by atoms with Gasteiger partial charge in [0.2, 0.25) is 5.91 Å². The van der Waals surface area contributed by atoms with E-state index in [1.165, 1.54) is 5.56 Å². The highest BCUT2D eigenvalue weighted by atomic mass is 16.2. The number of benzene rings is 2. The fourth-order valence-electron chi connectivity index (χ4n) is 2.26. The Morgan fingerprint density at radius 3 is 2.13 bits per heavy atom. The minimum atomic E-state index is -0.387. The number of amides is 1. The molecule has 0 saturated heterocycles. The number of carbonyl (C=O) groups excluding carboxylic acids is 1. The fourth-order valence-corrected chi connectivity index (χ4v) is 2.26. The Labute approximate surface area is 139 Å². The van der Waals surface area contributed by atoms with Gasteiger partial charge in [-0.2, -0.15) is 0 Å². The number of carbonyl (C=O) groups is 1. The molecule has 23 heavy (non-hydrogen) atoms. The van der Waals surface area contributed by atoms with Crippen LogP contribution in [0.15, 0.2) is 54.6 Å². The molecule has 2 aromatic carbocycles. The first-order valence-electron chi connectivity index (χ1n) is 8.10. The lowest BCUT2D eigenvalue weighted by atomic mass is 9.95. The third-order valence-corrected chi connectivity index (χ3v) is 3.77. The van der Waals surface area contributed by atoms with Crippen molar-refractivity contribution in [2.45, 2.75) is 34.2 Å². The van der Waals surface area contributed by atoms with Gasteiger partial charge in [0, 0.05) is 29.9 Å². The van der Waals surface area contributed by atoms with Gasteiger partial charge in [-0.3, -0.25) is 4.79 Å². The van der Waals surface area contributed by atoms with E-state index in [1.54, 1.807) is 0 Å². The van der Waals surface area contributed by atoms with Crippen LogP contribution in [-0.4, -0.2) is 12.5 Å². The Kier molecular flexibility index (Phi) is 5.43. The van der Waals surface area contributed by atoms with E-state index in [-0.39, 0.29) is 11.3 Å². The van der Waals surface area contributed by atoms with Crippen molar-refractivity contribution >= 4 is 17.3 Å². The van der Waals surface area contributed by atoms with E-state index < -0.39 is 0 Å². The Balaban J connectivity index is 2.06. The average molecular weight is 310 g/mol. The van der Waals surface area contributed by atoms with Gasteiger partial charge in [0.25, 0.3) is 0 Å². The summed E-state index contributed by atoms with van der Waals surface area (Å²) < 4.78 is 0. The molecule has 0 fully saturated rings. The number of anilines is 2. The van der Waals surface area contributed by atoms with Crippen molar-refractivity contribution in [3.05, 3.63) is 60.2 Å². The summed E-state index contributed by atoms with van der Waals surface area (Å²) in [6.07, 6.45) is 0. The molecule has 0 heterocycles. The molecule has 122 valence electrons. The molecule has 0 unspecified atom stereocenters. The quantitative estimate of drug-likeness (QED) is 0.868. The summed E-state index contributed by atoms with van der Waals surface area (Å²) >= 11 is 0. The van der Waals surface area contributed by atoms with E-state index in [2.05, 4.69) is 53.5 Å². The standard InChI is InChI=1S/C20H26N2O/c1-5-22(15-16-9-7-6-8-10-16)18-13-11-17(12-14-18)21-19(23)20(2,3)4/h6-14H,5,15H2,1-4H3,(H,21,23). The second-order valence-corrected chi connectivity index (χ2v) is 6.75. The van der Waals surface area contributed by atoms with Crippen LogP contribution in [0.2, 0.25) is 0 Å². The van der Waals surface area contributed by atoms with Crippen molar-refractivity contribution in [1.29, 1.82) is 0 Å². The van der Waals surface area contributed by atoms with Crippen LogP contribution in [0.5, 0.6) is 0 Å². The summed E-state index contributed by atoms with van der Waals surface area (Å²) in [5, 5.41) is 2.96. The van der Waals surface area contributed by atoms with Crippen LogP contribution in [-0.2, 0) is 11.3 Å². The SMILES string of the molecule is CCN(Cc1ccccc1)c1ccc(NC(=O)C(C)(C)C)cc1. The molecule has 0 atom stereocenters. The molecule has 0 aliphatic carbocycles. The maximum Gasteiger partial charge on any atom is 0.229 e. The molecule has 0 aliphatic rings. The maximum atomic E-state index is 12.0. The summed E-state index contributed by atoms with van der Waals surface area (Å²) in [6, 6.07) is 18.5. The minimum absolute atomic E-state index is 0.0295. The largest absolute Gasteiger partial charge is 0.367 e. The smallest absolute Gasteiger partial charge is 0.229 e. The van der Waals surface area contributed by atoms with Gasteiger partial charge in [-0.25, -0.2) is 0 Å². The van der Waals surface area contributed by atoms with E-state index in [0.717, 1.165) is 24.5 Å². The molecule has 0 saturated carbocycles. The highest BCUT2D eigenvalue weighted by Crippen LogP contribution is 2.22. The number of nitrogens with zero attached hydrogens (tertiary/aromatic N) is 1. The van der Waals surface area contributed by atoms with Gasteiger partial charge in [-0.05, 0) is 36.8 Å². The zero-order chi connectivity index (χ0) is 16.9. The zero-order valence-electron chi connectivity index (χ0n) is 14.5. The van der Waals surface area contributed by atoms with Gasteiger partial charge in [-0.1, -0.05) is 51.1 Å². The van der Waals surface area contributed by atoms with Crippen molar-refractivity contribution < 1.29 is 4.79 Å². The van der Waals surface area contributed by atoms with Crippen LogP contribution in [0, 0.1) is 5.41 Å². The highest BCUT2D eigenvalue weighted by Gasteiger charge is 2.21. The molecular weight excluding hydrogens is 284 g/mol. The molecule has 3 heteroatoms. The minimum Gasteiger partial charge on any atom is -0.367 e. The number of hydrogen-bond acceptors (Lipinski definition) is 2. The first-order valence-corrected chi connectivity index (χ1v) is 8.10. The first kappa shape index (κ1) is 17.1. The normalized spacial score (nSPS) is 11.1. The van der Waals surface area contributed by atoms with Gasteiger partial charge in [0.05, 0.1) is 0 Å². The van der Waals surface area contributed by atoms with Gasteiger partial charge in [0.15, 0.2) is 0 Å². The lowest BCUT2D eigenvalue weighted by Gasteiger charge is -2.24. The fraction of sp³-hybridized carbons (Fsp3) is 0.350. The van der Waals surface area contributed by atoms with Crippen molar-refractivity contribution in [2.24, 2.45) is 5.41 Å². The van der Waals surface area contributed by atoms with Gasteiger partial charge in [0.1, 0.15) is 0 Å². The topological polar surface area (TPSA) is 32.3 Å². The maximum absolute atomic E-state index is 12.0. The van der Waals surface area contributed by atoms with E-state index in [0.29, 0.717) is 0 Å². The monoisotopic (exact) mass is 310 g/mol. The summed E-state index contributed by atoms with van der Waals surface area (Å²) in [5.74, 6) is 0.0295. The number of hydrogen-bond donors (Lipinski definition) is 1. The van der Waals surface area contributed by atoms with Crippen LogP contribution < -0.4 is 10.2 Å². The van der Waals surface area contributed by atoms with Crippen LogP contribution in [0.1, 0.15) is 33.3 Å². The Bertz CT molecular complexity index is 627. The molecule has 0 spiro atoms. The van der Waals surface area contributed by atoms with Crippen molar-refractivity contribution in [3.8, 4) is 0 Å². The van der Waals surface area contributed by atoms with Crippen molar-refractivity contribution in [3.63, 3.8) is 0 Å². The molecule has 2 rings (SSSR count). The van der Waals surface area contributed by atoms with E-state index >= 15 is 0 Å². The number of nitrogens with one attached hydrogen (secondary N) is 1. The van der Waals surface area contributed by atoms with Crippen LogP contribution in [0.25, 0.3) is 0 Å². The van der Waals surface area contributed by atoms with Crippen LogP contribution in [0.4, 0.5) is 11.4 Å². The lowest BCUT2D eigenvalue weighted by molar-refractivity contribution is -0.123. The van der Waals surface area contributed by atoms with Crippen LogP contribution in [0.3, 0.4) is 0 Å². The second-order valence-electron chi connectivity index (χ2n) is 6.75. The third kappa shape index (κ3) is 4.85. The zero-order valence-corrected chi connectivity index (χ0v) is 14.5. The van der Waals surface area contributed by atoms with Gasteiger partial charge in [-0.15, -0.1) is 0 Å². The molecule has 1 N–H and O–H groups in total. The molecule has 2 aromatic rings. The molecule has 0 radical (unpaired) electrons. The average Bonchev–Trinajstić information content (AvgIpc) is 2.53. The predicted molar refractivity (Wildman–Crippen MR) is 97.7 cm³/mol. The molecule has 1 amide bonds. The van der Waals surface area contributed by atoms with E-state index in [1.807, 2.05) is 39.0 Å². The third-order valence-electron chi connectivity index (χ3n) is 3.77. The summed E-state index contributed by atoms with van der Waals surface area (Å²) in [6.45, 7) is 9.70. The summed E-state index contributed by atoms with van der Waals surface area (Å²) in [7, 11) is 0. The van der Waals surface area contributed by atoms with Crippen molar-refractivity contribution in [2.75, 3.05) is 16.8 Å². The van der Waals surface area contributed by atoms with Crippen molar-refractivity contribution in [1.82, 2.24) is 0 Å². The molecule has 0 bridgehead atoms. The Morgan fingerprint density at radius 1 is 1.00 bits per heavy atom. The Morgan fingerprint density at radius 2 is 1.61 bits per heavy atom. The predicted octanol–water partition coefficient (Wildman–Crippen LogP) is 4.70. The Hall–Kier alpha value is -2.29. The van der Waals surface area contributed by atoms with E-state index in [9.17, 15) is 4.79 Å². The van der Waals surface area contributed by atoms with Gasteiger partial charge < -0.3 is 10.2 Å². The molecular formula is C20H26N2O. The molecule has 0 aliphatic heterocycles. The first-order chi connectivity index (χ1) is 10.9. The van der Waals surface area contributed by atoms with Gasteiger partial charge >= 0.3 is 0 Å². The second kappa shape index (κ2) is 7.32.